The van der Waals surface area contributed by atoms with E-state index in [0.29, 0.717) is 0 Å². The van der Waals surface area contributed by atoms with Gasteiger partial charge in [0.1, 0.15) is 17.3 Å². The summed E-state index contributed by atoms with van der Waals surface area (Å²) < 4.78 is 36.4. The Morgan fingerprint density at radius 2 is 2.19 bits per heavy atom. The second-order valence-corrected chi connectivity index (χ2v) is 6.06. The van der Waals surface area contributed by atoms with Crippen LogP contribution >= 0.6 is 11.6 Å². The molecule has 0 saturated heterocycles. The van der Waals surface area contributed by atoms with Gasteiger partial charge in [-0.2, -0.15) is 5.10 Å². The molecule has 0 spiro atoms. The zero-order chi connectivity index (χ0) is 15.6. The van der Waals surface area contributed by atoms with E-state index in [4.69, 9.17) is 16.7 Å². The van der Waals surface area contributed by atoms with Gasteiger partial charge in [0.15, 0.2) is 0 Å². The van der Waals surface area contributed by atoms with Gasteiger partial charge in [0.25, 0.3) is 0 Å². The fourth-order valence-electron chi connectivity index (χ4n) is 1.50. The molecule has 1 heterocycles. The molecule has 10 heteroatoms. The SMILES string of the molecule is NS(=O)(=O)c1cnn(CC(=O)Nc2ccc(Cl)c(F)c2)c1. The number of nitrogens with two attached hydrogens (primary N) is 1. The van der Waals surface area contributed by atoms with Gasteiger partial charge in [-0.3, -0.25) is 9.48 Å². The molecule has 1 aromatic heterocycles. The van der Waals surface area contributed by atoms with Crippen molar-refractivity contribution in [1.29, 1.82) is 0 Å². The Kier molecular flexibility index (Phi) is 4.26. The normalized spacial score (nSPS) is 11.4. The van der Waals surface area contributed by atoms with Crippen LogP contribution in [0.2, 0.25) is 5.02 Å². The summed E-state index contributed by atoms with van der Waals surface area (Å²) in [7, 11) is -3.87. The number of aromatic nitrogens is 2. The van der Waals surface area contributed by atoms with Gasteiger partial charge in [-0.15, -0.1) is 0 Å². The second-order valence-electron chi connectivity index (χ2n) is 4.10. The number of nitrogens with zero attached hydrogens (tertiary/aromatic N) is 2. The average Bonchev–Trinajstić information content (AvgIpc) is 2.82. The molecule has 7 nitrogen and oxygen atoms in total. The van der Waals surface area contributed by atoms with Crippen LogP contribution < -0.4 is 10.5 Å². The van der Waals surface area contributed by atoms with Crippen molar-refractivity contribution in [3.05, 3.63) is 41.4 Å². The first-order valence-corrected chi connectivity index (χ1v) is 7.48. The Morgan fingerprint density at radius 3 is 2.76 bits per heavy atom. The number of carbonyl (C=O) groups is 1. The highest BCUT2D eigenvalue weighted by Gasteiger charge is 2.12. The first-order valence-electron chi connectivity index (χ1n) is 5.56. The van der Waals surface area contributed by atoms with Gasteiger partial charge in [0.2, 0.25) is 15.9 Å². The third kappa shape index (κ3) is 4.00. The molecule has 0 atom stereocenters. The Balaban J connectivity index is 2.05. The summed E-state index contributed by atoms with van der Waals surface area (Å²) in [6.07, 6.45) is 2.15. The van der Waals surface area contributed by atoms with Crippen molar-refractivity contribution in [2.24, 2.45) is 5.14 Å². The summed E-state index contributed by atoms with van der Waals surface area (Å²) in [4.78, 5) is 11.5. The van der Waals surface area contributed by atoms with Gasteiger partial charge in [-0.05, 0) is 18.2 Å². The van der Waals surface area contributed by atoms with Crippen molar-refractivity contribution in [2.75, 3.05) is 5.32 Å². The number of primary sulfonamides is 1. The predicted molar refractivity (Wildman–Crippen MR) is 73.6 cm³/mol. The summed E-state index contributed by atoms with van der Waals surface area (Å²) in [5.41, 5.74) is 0.223. The predicted octanol–water partition coefficient (Wildman–Crippen LogP) is 0.962. The minimum atomic E-state index is -3.87. The van der Waals surface area contributed by atoms with Crippen LogP contribution in [0, 0.1) is 5.82 Å². The molecular weight excluding hydrogens is 323 g/mol. The van der Waals surface area contributed by atoms with E-state index in [1.807, 2.05) is 0 Å². The number of hydrogen-bond acceptors (Lipinski definition) is 4. The molecule has 1 amide bonds. The van der Waals surface area contributed by atoms with E-state index in [0.717, 1.165) is 23.1 Å². The summed E-state index contributed by atoms with van der Waals surface area (Å²) in [5, 5.41) is 11.0. The molecule has 21 heavy (non-hydrogen) atoms. The number of carbonyl (C=O) groups excluding carboxylic acids is 1. The highest BCUT2D eigenvalue weighted by atomic mass is 35.5. The van der Waals surface area contributed by atoms with E-state index < -0.39 is 21.7 Å². The molecule has 0 bridgehead atoms. The standard InChI is InChI=1S/C11H10ClFN4O3S/c12-9-2-1-7(3-10(9)13)16-11(18)6-17-5-8(4-15-17)21(14,19)20/h1-5H,6H2,(H,16,18)(H2,14,19,20). The van der Waals surface area contributed by atoms with Crippen LogP contribution in [0.25, 0.3) is 0 Å². The lowest BCUT2D eigenvalue weighted by atomic mass is 10.3. The molecule has 0 aliphatic rings. The van der Waals surface area contributed by atoms with Gasteiger partial charge in [-0.25, -0.2) is 17.9 Å². The fraction of sp³-hybridized carbons (Fsp3) is 0.0909. The number of halogens is 2. The summed E-state index contributed by atoms with van der Waals surface area (Å²) in [6.45, 7) is -0.250. The third-order valence-electron chi connectivity index (χ3n) is 2.45. The molecule has 2 aromatic rings. The third-order valence-corrected chi connectivity index (χ3v) is 3.62. The molecule has 0 radical (unpaired) electrons. The number of nitrogens with one attached hydrogen (secondary N) is 1. The van der Waals surface area contributed by atoms with Crippen molar-refractivity contribution in [2.45, 2.75) is 11.4 Å². The van der Waals surface area contributed by atoms with Crippen LogP contribution in [-0.2, 0) is 21.4 Å². The van der Waals surface area contributed by atoms with Gasteiger partial charge in [-0.1, -0.05) is 11.6 Å². The summed E-state index contributed by atoms with van der Waals surface area (Å²) in [5.74, 6) is -1.18. The lowest BCUT2D eigenvalue weighted by Crippen LogP contribution is -2.19. The molecule has 0 aliphatic heterocycles. The highest BCUT2D eigenvalue weighted by molar-refractivity contribution is 7.89. The van der Waals surface area contributed by atoms with Crippen molar-refractivity contribution in [3.63, 3.8) is 0 Å². The number of sulfonamides is 1. The van der Waals surface area contributed by atoms with Crippen molar-refractivity contribution in [3.8, 4) is 0 Å². The lowest BCUT2D eigenvalue weighted by Gasteiger charge is -2.06. The largest absolute Gasteiger partial charge is 0.324 e. The molecular formula is C11H10ClFN4O3S. The second kappa shape index (κ2) is 5.80. The quantitative estimate of drug-likeness (QED) is 0.869. The fourth-order valence-corrected chi connectivity index (χ4v) is 2.08. The number of hydrogen-bond donors (Lipinski definition) is 2. The smallest absolute Gasteiger partial charge is 0.246 e. The lowest BCUT2D eigenvalue weighted by molar-refractivity contribution is -0.116. The van der Waals surface area contributed by atoms with Crippen LogP contribution in [0.4, 0.5) is 10.1 Å². The Bertz CT molecular complexity index is 791. The number of rotatable bonds is 4. The Morgan fingerprint density at radius 1 is 1.48 bits per heavy atom. The van der Waals surface area contributed by atoms with Crippen LogP contribution in [-0.4, -0.2) is 24.1 Å². The molecule has 1 aromatic carbocycles. The van der Waals surface area contributed by atoms with Crippen molar-refractivity contribution < 1.29 is 17.6 Å². The monoisotopic (exact) mass is 332 g/mol. The van der Waals surface area contributed by atoms with Crippen molar-refractivity contribution >= 4 is 33.2 Å². The zero-order valence-electron chi connectivity index (χ0n) is 10.5. The average molecular weight is 333 g/mol. The Hall–Kier alpha value is -1.97. The van der Waals surface area contributed by atoms with Crippen LogP contribution in [0.15, 0.2) is 35.5 Å². The molecule has 3 N–H and O–H groups in total. The number of amides is 1. The Labute approximate surface area is 124 Å². The van der Waals surface area contributed by atoms with E-state index in [1.165, 1.54) is 12.1 Å². The maximum atomic E-state index is 13.2. The van der Waals surface area contributed by atoms with Gasteiger partial charge in [0.05, 0.1) is 11.2 Å². The topological polar surface area (TPSA) is 107 Å². The summed E-state index contributed by atoms with van der Waals surface area (Å²) in [6, 6.07) is 3.81. The van der Waals surface area contributed by atoms with Gasteiger partial charge >= 0.3 is 0 Å². The molecule has 0 unspecified atom stereocenters. The molecule has 2 rings (SSSR count). The molecule has 0 fully saturated rings. The van der Waals surface area contributed by atoms with Crippen LogP contribution in [0.1, 0.15) is 0 Å². The maximum absolute atomic E-state index is 13.2. The zero-order valence-corrected chi connectivity index (χ0v) is 12.0. The first-order chi connectivity index (χ1) is 9.75. The van der Waals surface area contributed by atoms with E-state index in [9.17, 15) is 17.6 Å². The number of anilines is 1. The molecule has 0 saturated carbocycles. The van der Waals surface area contributed by atoms with E-state index in [1.54, 1.807) is 0 Å². The van der Waals surface area contributed by atoms with Gasteiger partial charge in [0, 0.05) is 11.9 Å². The maximum Gasteiger partial charge on any atom is 0.246 e. The first kappa shape index (κ1) is 15.4. The molecule has 112 valence electrons. The minimum absolute atomic E-state index is 0.0575. The minimum Gasteiger partial charge on any atom is -0.324 e. The van der Waals surface area contributed by atoms with Crippen LogP contribution in [0.3, 0.4) is 0 Å². The summed E-state index contributed by atoms with van der Waals surface area (Å²) >= 11 is 5.52. The van der Waals surface area contributed by atoms with E-state index >= 15 is 0 Å². The number of benzene rings is 1. The van der Waals surface area contributed by atoms with E-state index in [-0.39, 0.29) is 22.2 Å². The molecule has 0 aliphatic carbocycles. The van der Waals surface area contributed by atoms with Crippen LogP contribution in [0.5, 0.6) is 0 Å². The van der Waals surface area contributed by atoms with Gasteiger partial charge < -0.3 is 5.32 Å². The van der Waals surface area contributed by atoms with E-state index in [2.05, 4.69) is 10.4 Å². The highest BCUT2D eigenvalue weighted by Crippen LogP contribution is 2.18. The van der Waals surface area contributed by atoms with Crippen molar-refractivity contribution in [1.82, 2.24) is 9.78 Å².